The predicted molar refractivity (Wildman–Crippen MR) is 132 cm³/mol. The summed E-state index contributed by atoms with van der Waals surface area (Å²) in [6.45, 7) is 8.58. The highest BCUT2D eigenvalue weighted by molar-refractivity contribution is 6.00. The van der Waals surface area contributed by atoms with Gasteiger partial charge in [0.1, 0.15) is 11.5 Å². The van der Waals surface area contributed by atoms with Gasteiger partial charge in [-0.2, -0.15) is 0 Å². The fraction of sp³-hybridized carbons (Fsp3) is 0.481. The molecule has 1 amide bonds. The van der Waals surface area contributed by atoms with Crippen molar-refractivity contribution in [2.75, 3.05) is 0 Å². The van der Waals surface area contributed by atoms with Gasteiger partial charge in [-0.1, -0.05) is 52.0 Å². The second-order valence-corrected chi connectivity index (χ2v) is 9.66. The van der Waals surface area contributed by atoms with Crippen LogP contribution in [0.4, 0.5) is 0 Å². The number of amides is 1. The number of fused-ring (bicyclic) bond motifs is 1. The number of para-hydroxylation sites is 1. The number of carboxylic acids is 1. The lowest BCUT2D eigenvalue weighted by Gasteiger charge is -2.25. The van der Waals surface area contributed by atoms with E-state index in [-0.39, 0.29) is 41.9 Å². The normalized spacial score (nSPS) is 13.9. The molecule has 0 fully saturated rings. The number of nitrogens with zero attached hydrogens (tertiary/aromatic N) is 1. The van der Waals surface area contributed by atoms with Gasteiger partial charge in [-0.25, -0.2) is 4.98 Å². The van der Waals surface area contributed by atoms with E-state index in [9.17, 15) is 29.1 Å². The molecule has 2 aromatic rings. The van der Waals surface area contributed by atoms with Crippen LogP contribution in [0.25, 0.3) is 10.9 Å². The van der Waals surface area contributed by atoms with Crippen molar-refractivity contribution in [1.29, 1.82) is 0 Å². The third-order valence-corrected chi connectivity index (χ3v) is 6.26. The maximum atomic E-state index is 13.1. The van der Waals surface area contributed by atoms with E-state index in [0.29, 0.717) is 5.52 Å². The molecule has 1 heterocycles. The quantitative estimate of drug-likeness (QED) is 0.415. The van der Waals surface area contributed by atoms with Crippen LogP contribution in [0.5, 0.6) is 0 Å². The minimum absolute atomic E-state index is 0.104. The average Bonchev–Trinajstić information content (AvgIpc) is 2.78. The molecule has 188 valence electrons. The number of pyridine rings is 1. The molecule has 2 rings (SSSR count). The van der Waals surface area contributed by atoms with E-state index in [1.165, 1.54) is 6.92 Å². The third-order valence-electron chi connectivity index (χ3n) is 6.26. The van der Waals surface area contributed by atoms with E-state index in [1.807, 2.05) is 32.0 Å². The van der Waals surface area contributed by atoms with Gasteiger partial charge in [-0.3, -0.25) is 24.0 Å². The zero-order valence-electron chi connectivity index (χ0n) is 20.9. The van der Waals surface area contributed by atoms with E-state index in [2.05, 4.69) is 10.3 Å². The van der Waals surface area contributed by atoms with Crippen molar-refractivity contribution in [1.82, 2.24) is 10.3 Å². The molecule has 1 aromatic carbocycles. The number of Topliss-reactive ketones (excluding diaryl/α,β-unsaturated/α-hetero) is 3. The Morgan fingerprint density at radius 1 is 0.857 bits per heavy atom. The monoisotopic (exact) mass is 482 g/mol. The number of rotatable bonds is 13. The summed E-state index contributed by atoms with van der Waals surface area (Å²) in [6.07, 6.45) is -0.888. The standard InChI is InChI=1S/C27H34N2O6/c1-15(2)19(17(5)30)12-25(32)23(14-26(33)34)29-27(35)20(16(3)4)13-24(31)22-11-10-18-8-6-7-9-21(18)28-22/h6-11,15-16,19-20,23H,12-14H2,1-5H3,(H,29,35)(H,33,34)/t19-,20-,23-/m0/s1. The van der Waals surface area contributed by atoms with Crippen molar-refractivity contribution in [3.63, 3.8) is 0 Å². The Hall–Kier alpha value is -3.42. The molecule has 0 aliphatic heterocycles. The van der Waals surface area contributed by atoms with Gasteiger partial charge in [0, 0.05) is 30.1 Å². The van der Waals surface area contributed by atoms with E-state index in [1.54, 1.807) is 32.0 Å². The van der Waals surface area contributed by atoms with Crippen molar-refractivity contribution in [2.45, 2.75) is 59.9 Å². The summed E-state index contributed by atoms with van der Waals surface area (Å²) >= 11 is 0. The van der Waals surface area contributed by atoms with Crippen LogP contribution in [-0.2, 0) is 19.2 Å². The molecule has 35 heavy (non-hydrogen) atoms. The van der Waals surface area contributed by atoms with Gasteiger partial charge < -0.3 is 10.4 Å². The van der Waals surface area contributed by atoms with Gasteiger partial charge in [-0.05, 0) is 30.9 Å². The average molecular weight is 483 g/mol. The van der Waals surface area contributed by atoms with Crippen LogP contribution in [0.1, 0.15) is 64.4 Å². The Bertz CT molecular complexity index is 1110. The minimum atomic E-state index is -1.28. The number of aromatic nitrogens is 1. The SMILES string of the molecule is CC(=O)[C@@H](CC(=O)[C@H](CC(=O)O)NC(=O)[C@@H](CC(=O)c1ccc2ccccc2n1)C(C)C)C(C)C. The van der Waals surface area contributed by atoms with Crippen LogP contribution in [0.2, 0.25) is 0 Å². The molecule has 0 radical (unpaired) electrons. The largest absolute Gasteiger partial charge is 0.481 e. The zero-order valence-corrected chi connectivity index (χ0v) is 20.9. The number of nitrogens with one attached hydrogen (secondary N) is 1. The van der Waals surface area contributed by atoms with Crippen LogP contribution in [0.15, 0.2) is 36.4 Å². The van der Waals surface area contributed by atoms with E-state index >= 15 is 0 Å². The van der Waals surface area contributed by atoms with Crippen molar-refractivity contribution < 1.29 is 29.1 Å². The van der Waals surface area contributed by atoms with E-state index in [0.717, 1.165) is 5.39 Å². The molecular weight excluding hydrogens is 448 g/mol. The summed E-state index contributed by atoms with van der Waals surface area (Å²) in [5.74, 6) is -4.51. The van der Waals surface area contributed by atoms with Gasteiger partial charge in [0.2, 0.25) is 5.91 Å². The molecule has 8 heteroatoms. The molecule has 0 saturated heterocycles. The lowest BCUT2D eigenvalue weighted by atomic mass is 9.85. The number of carbonyl (C=O) groups is 5. The summed E-state index contributed by atoms with van der Waals surface area (Å²) in [5, 5.41) is 12.7. The van der Waals surface area contributed by atoms with Gasteiger partial charge in [-0.15, -0.1) is 0 Å². The second kappa shape index (κ2) is 12.3. The van der Waals surface area contributed by atoms with Gasteiger partial charge in [0.15, 0.2) is 11.6 Å². The molecule has 8 nitrogen and oxygen atoms in total. The van der Waals surface area contributed by atoms with Crippen LogP contribution < -0.4 is 5.32 Å². The number of benzene rings is 1. The number of carboxylic acid groups (broad SMARTS) is 1. The van der Waals surface area contributed by atoms with Gasteiger partial charge in [0.25, 0.3) is 0 Å². The Morgan fingerprint density at radius 3 is 2.06 bits per heavy atom. The first-order valence-electron chi connectivity index (χ1n) is 11.8. The van der Waals surface area contributed by atoms with Crippen molar-refractivity contribution in [3.05, 3.63) is 42.1 Å². The predicted octanol–water partition coefficient (Wildman–Crippen LogP) is 3.86. The Morgan fingerprint density at radius 2 is 1.49 bits per heavy atom. The molecule has 1 aromatic heterocycles. The molecule has 0 bridgehead atoms. The second-order valence-electron chi connectivity index (χ2n) is 9.66. The summed E-state index contributed by atoms with van der Waals surface area (Å²) in [6, 6.07) is 9.51. The third kappa shape index (κ3) is 7.80. The summed E-state index contributed by atoms with van der Waals surface area (Å²) in [7, 11) is 0. The van der Waals surface area contributed by atoms with Crippen LogP contribution in [0.3, 0.4) is 0 Å². The van der Waals surface area contributed by atoms with E-state index < -0.39 is 42.0 Å². The number of hydrogen-bond donors (Lipinski definition) is 2. The van der Waals surface area contributed by atoms with Crippen LogP contribution in [-0.4, -0.2) is 45.4 Å². The topological polar surface area (TPSA) is 130 Å². The molecule has 2 N–H and O–H groups in total. The number of hydrogen-bond acceptors (Lipinski definition) is 6. The lowest BCUT2D eigenvalue weighted by Crippen LogP contribution is -2.47. The highest BCUT2D eigenvalue weighted by Gasteiger charge is 2.33. The fourth-order valence-corrected chi connectivity index (χ4v) is 4.06. The molecule has 0 spiro atoms. The van der Waals surface area contributed by atoms with Crippen molar-refractivity contribution in [3.8, 4) is 0 Å². The Labute approximate surface area is 205 Å². The highest BCUT2D eigenvalue weighted by atomic mass is 16.4. The number of ketones is 3. The van der Waals surface area contributed by atoms with Crippen molar-refractivity contribution in [2.24, 2.45) is 23.7 Å². The smallest absolute Gasteiger partial charge is 0.305 e. The number of carbonyl (C=O) groups excluding carboxylic acids is 4. The van der Waals surface area contributed by atoms with Gasteiger partial charge >= 0.3 is 5.97 Å². The maximum Gasteiger partial charge on any atom is 0.305 e. The first-order valence-corrected chi connectivity index (χ1v) is 11.8. The summed E-state index contributed by atoms with van der Waals surface area (Å²) in [5.41, 5.74) is 0.905. The minimum Gasteiger partial charge on any atom is -0.481 e. The molecule has 0 aliphatic rings. The molecule has 0 saturated carbocycles. The lowest BCUT2D eigenvalue weighted by molar-refractivity contribution is -0.141. The molecule has 0 unspecified atom stereocenters. The van der Waals surface area contributed by atoms with E-state index in [4.69, 9.17) is 0 Å². The molecule has 3 atom stereocenters. The Kier molecular flexibility index (Phi) is 9.80. The van der Waals surface area contributed by atoms with Crippen LogP contribution >= 0.6 is 0 Å². The first-order chi connectivity index (χ1) is 16.4. The summed E-state index contributed by atoms with van der Waals surface area (Å²) < 4.78 is 0. The Balaban J connectivity index is 2.19. The fourth-order valence-electron chi connectivity index (χ4n) is 4.06. The summed E-state index contributed by atoms with van der Waals surface area (Å²) in [4.78, 5) is 66.7. The first kappa shape index (κ1) is 27.8. The highest BCUT2D eigenvalue weighted by Crippen LogP contribution is 2.22. The molecular formula is C27H34N2O6. The van der Waals surface area contributed by atoms with Crippen molar-refractivity contribution >= 4 is 40.1 Å². The molecule has 0 aliphatic carbocycles. The van der Waals surface area contributed by atoms with Crippen LogP contribution in [0, 0.1) is 23.7 Å². The number of aliphatic carboxylic acids is 1. The van der Waals surface area contributed by atoms with Gasteiger partial charge in [0.05, 0.1) is 18.0 Å². The zero-order chi connectivity index (χ0) is 26.3. The maximum absolute atomic E-state index is 13.1.